The molecule has 1 heterocycles. The minimum Gasteiger partial charge on any atom is -0.439 e. The molecule has 0 fully saturated rings. The van der Waals surface area contributed by atoms with Crippen molar-refractivity contribution >= 4 is 40.0 Å². The van der Waals surface area contributed by atoms with Crippen molar-refractivity contribution in [1.29, 1.82) is 0 Å². The van der Waals surface area contributed by atoms with E-state index in [1.54, 1.807) is 12.1 Å². The average Bonchev–Trinajstić information content (AvgIpc) is 2.80. The number of aromatic nitrogens is 1. The lowest BCUT2D eigenvalue weighted by molar-refractivity contribution is 0.537. The van der Waals surface area contributed by atoms with E-state index in [1.165, 1.54) is 12.1 Å². The number of fused-ring (bicyclic) bond motifs is 1. The minimum absolute atomic E-state index is 0.0306. The number of oxazole rings is 1. The molecule has 0 spiro atoms. The second-order valence-electron chi connectivity index (χ2n) is 4.20. The van der Waals surface area contributed by atoms with E-state index >= 15 is 0 Å². The van der Waals surface area contributed by atoms with Crippen LogP contribution >= 0.6 is 23.2 Å². The molecule has 1 aromatic heterocycles. The molecule has 0 unspecified atom stereocenters. The van der Waals surface area contributed by atoms with Crippen molar-refractivity contribution in [2.45, 2.75) is 6.54 Å². The van der Waals surface area contributed by atoms with E-state index in [4.69, 9.17) is 27.6 Å². The van der Waals surface area contributed by atoms with Crippen LogP contribution in [-0.2, 0) is 6.54 Å². The zero-order valence-electron chi connectivity index (χ0n) is 10.2. The van der Waals surface area contributed by atoms with E-state index in [9.17, 15) is 4.39 Å². The van der Waals surface area contributed by atoms with Crippen LogP contribution in [0.4, 0.5) is 10.1 Å². The Bertz CT molecular complexity index is 717. The van der Waals surface area contributed by atoms with Gasteiger partial charge in [-0.3, -0.25) is 0 Å². The van der Waals surface area contributed by atoms with Gasteiger partial charge in [-0.15, -0.1) is 0 Å². The van der Waals surface area contributed by atoms with Crippen molar-refractivity contribution in [1.82, 2.24) is 4.98 Å². The maximum absolute atomic E-state index is 13.3. The van der Waals surface area contributed by atoms with Crippen LogP contribution in [0, 0.1) is 5.82 Å². The highest BCUT2D eigenvalue weighted by Crippen LogP contribution is 2.23. The van der Waals surface area contributed by atoms with E-state index in [0.29, 0.717) is 28.6 Å². The van der Waals surface area contributed by atoms with Gasteiger partial charge < -0.3 is 9.73 Å². The third-order valence-electron chi connectivity index (χ3n) is 2.76. The second kappa shape index (κ2) is 5.31. The van der Waals surface area contributed by atoms with Gasteiger partial charge in [0.15, 0.2) is 5.58 Å². The number of halogens is 3. The van der Waals surface area contributed by atoms with Gasteiger partial charge in [0.05, 0.1) is 11.6 Å². The van der Waals surface area contributed by atoms with Crippen LogP contribution in [0.5, 0.6) is 0 Å². The zero-order chi connectivity index (χ0) is 14.1. The second-order valence-corrected chi connectivity index (χ2v) is 5.05. The molecule has 1 N–H and O–H groups in total. The molecule has 0 amide bonds. The molecule has 2 aromatic carbocycles. The number of hydrogen-bond acceptors (Lipinski definition) is 3. The Hall–Kier alpha value is -1.78. The summed E-state index contributed by atoms with van der Waals surface area (Å²) < 4.78 is 18.7. The van der Waals surface area contributed by atoms with Crippen LogP contribution in [0.15, 0.2) is 40.8 Å². The molecular weight excluding hydrogens is 302 g/mol. The molecule has 0 saturated carbocycles. The first-order valence-corrected chi connectivity index (χ1v) is 6.61. The molecule has 3 aromatic rings. The molecule has 0 saturated heterocycles. The Morgan fingerprint density at radius 3 is 2.65 bits per heavy atom. The predicted molar refractivity (Wildman–Crippen MR) is 77.8 cm³/mol. The highest BCUT2D eigenvalue weighted by molar-refractivity contribution is 6.31. The lowest BCUT2D eigenvalue weighted by atomic mass is 10.3. The van der Waals surface area contributed by atoms with Crippen LogP contribution in [0.3, 0.4) is 0 Å². The van der Waals surface area contributed by atoms with Crippen LogP contribution < -0.4 is 5.32 Å². The van der Waals surface area contributed by atoms with E-state index in [-0.39, 0.29) is 5.02 Å². The zero-order valence-corrected chi connectivity index (χ0v) is 11.7. The number of rotatable bonds is 3. The topological polar surface area (TPSA) is 38.1 Å². The maximum atomic E-state index is 13.3. The predicted octanol–water partition coefficient (Wildman–Crippen LogP) is 4.89. The smallest absolute Gasteiger partial charge is 0.214 e. The maximum Gasteiger partial charge on any atom is 0.214 e. The highest BCUT2D eigenvalue weighted by Gasteiger charge is 2.09. The lowest BCUT2D eigenvalue weighted by Crippen LogP contribution is -1.98. The summed E-state index contributed by atoms with van der Waals surface area (Å²) in [5.74, 6) is -0.0656. The fraction of sp³-hybridized carbons (Fsp3) is 0.0714. The lowest BCUT2D eigenvalue weighted by Gasteiger charge is -2.02. The molecule has 3 nitrogen and oxygen atoms in total. The summed E-state index contributed by atoms with van der Waals surface area (Å²) in [6, 6.07) is 9.94. The van der Waals surface area contributed by atoms with E-state index in [2.05, 4.69) is 10.3 Å². The first-order valence-electron chi connectivity index (χ1n) is 5.86. The van der Waals surface area contributed by atoms with Crippen molar-refractivity contribution < 1.29 is 8.81 Å². The standard InChI is InChI=1S/C14H9Cl2FN2O/c15-8-1-3-9(4-2-8)18-7-14-19-12-5-10(16)11(17)6-13(12)20-14/h1-6,18H,7H2. The van der Waals surface area contributed by atoms with Gasteiger partial charge >= 0.3 is 0 Å². The fourth-order valence-electron chi connectivity index (χ4n) is 1.79. The molecular formula is C14H9Cl2FN2O. The van der Waals surface area contributed by atoms with Gasteiger partial charge in [0.25, 0.3) is 0 Å². The summed E-state index contributed by atoms with van der Waals surface area (Å²) in [6.07, 6.45) is 0. The molecule has 0 atom stereocenters. The van der Waals surface area contributed by atoms with Crippen LogP contribution in [0.25, 0.3) is 11.1 Å². The van der Waals surface area contributed by atoms with Crippen LogP contribution in [-0.4, -0.2) is 4.98 Å². The van der Waals surface area contributed by atoms with Crippen LogP contribution in [0.2, 0.25) is 10.0 Å². The third-order valence-corrected chi connectivity index (χ3v) is 3.30. The molecule has 102 valence electrons. The van der Waals surface area contributed by atoms with E-state index in [1.807, 2.05) is 12.1 Å². The average molecular weight is 311 g/mol. The summed E-state index contributed by atoms with van der Waals surface area (Å²) in [5, 5.41) is 3.84. The van der Waals surface area contributed by atoms with Crippen molar-refractivity contribution in [2.24, 2.45) is 0 Å². The molecule has 0 aliphatic carbocycles. The summed E-state index contributed by atoms with van der Waals surface area (Å²) in [7, 11) is 0. The molecule has 0 radical (unpaired) electrons. The molecule has 3 rings (SSSR count). The van der Waals surface area contributed by atoms with Gasteiger partial charge in [-0.05, 0) is 30.3 Å². The quantitative estimate of drug-likeness (QED) is 0.748. The van der Waals surface area contributed by atoms with E-state index in [0.717, 1.165) is 5.69 Å². The highest BCUT2D eigenvalue weighted by atomic mass is 35.5. The van der Waals surface area contributed by atoms with Gasteiger partial charge in [0.1, 0.15) is 11.3 Å². The Morgan fingerprint density at radius 1 is 1.15 bits per heavy atom. The number of nitrogens with zero attached hydrogens (tertiary/aromatic N) is 1. The number of hydrogen-bond donors (Lipinski definition) is 1. The Balaban J connectivity index is 1.79. The Kier molecular flexibility index (Phi) is 3.51. The molecule has 0 bridgehead atoms. The number of anilines is 1. The van der Waals surface area contributed by atoms with Crippen LogP contribution in [0.1, 0.15) is 5.89 Å². The molecule has 0 aliphatic heterocycles. The third kappa shape index (κ3) is 2.71. The summed E-state index contributed by atoms with van der Waals surface area (Å²) in [4.78, 5) is 4.24. The summed E-state index contributed by atoms with van der Waals surface area (Å²) >= 11 is 11.5. The van der Waals surface area contributed by atoms with Gasteiger partial charge in [-0.25, -0.2) is 9.37 Å². The van der Waals surface area contributed by atoms with Gasteiger partial charge in [-0.2, -0.15) is 0 Å². The Labute approximate surface area is 124 Å². The monoisotopic (exact) mass is 310 g/mol. The largest absolute Gasteiger partial charge is 0.439 e. The van der Waals surface area contributed by atoms with Crippen molar-refractivity contribution in [3.63, 3.8) is 0 Å². The normalized spacial score (nSPS) is 10.9. The molecule has 20 heavy (non-hydrogen) atoms. The number of nitrogens with one attached hydrogen (secondary N) is 1. The fourth-order valence-corrected chi connectivity index (χ4v) is 2.08. The van der Waals surface area contributed by atoms with Gasteiger partial charge in [0.2, 0.25) is 5.89 Å². The minimum atomic E-state index is -0.521. The first-order chi connectivity index (χ1) is 9.61. The molecule has 0 aliphatic rings. The van der Waals surface area contributed by atoms with Crippen molar-refractivity contribution in [3.05, 3.63) is 58.2 Å². The Morgan fingerprint density at radius 2 is 1.90 bits per heavy atom. The van der Waals surface area contributed by atoms with Gasteiger partial charge in [0, 0.05) is 16.8 Å². The van der Waals surface area contributed by atoms with Gasteiger partial charge in [-0.1, -0.05) is 23.2 Å². The van der Waals surface area contributed by atoms with Crippen molar-refractivity contribution in [3.8, 4) is 0 Å². The first kappa shape index (κ1) is 13.2. The molecule has 6 heteroatoms. The van der Waals surface area contributed by atoms with Crippen molar-refractivity contribution in [2.75, 3.05) is 5.32 Å². The SMILES string of the molecule is Fc1cc2oc(CNc3ccc(Cl)cc3)nc2cc1Cl. The number of benzene rings is 2. The summed E-state index contributed by atoms with van der Waals surface area (Å²) in [5.41, 5.74) is 1.80. The van der Waals surface area contributed by atoms with E-state index < -0.39 is 5.82 Å². The summed E-state index contributed by atoms with van der Waals surface area (Å²) in [6.45, 7) is 0.384.